The lowest BCUT2D eigenvalue weighted by atomic mass is 10.2. The first-order valence-electron chi connectivity index (χ1n) is 5.55. The molecule has 102 valence electrons. The number of quaternary nitrogens is 1. The molecule has 1 aromatic rings. The van der Waals surface area contributed by atoms with Crippen molar-refractivity contribution in [2.45, 2.75) is 12.8 Å². The van der Waals surface area contributed by atoms with Crippen molar-refractivity contribution in [3.05, 3.63) is 40.3 Å². The Bertz CT molecular complexity index is 617. The SMILES string of the molecule is [N-]=[N+]=Nc1ccc(C(=O)O[N+]2(O)C(=O)CCC2=O)cc1. The summed E-state index contributed by atoms with van der Waals surface area (Å²) in [4.78, 5) is 39.7. The van der Waals surface area contributed by atoms with Gasteiger partial charge in [-0.05, 0) is 17.7 Å². The van der Waals surface area contributed by atoms with E-state index in [0.29, 0.717) is 0 Å². The van der Waals surface area contributed by atoms with E-state index in [9.17, 15) is 19.6 Å². The van der Waals surface area contributed by atoms with Crippen molar-refractivity contribution in [1.82, 2.24) is 0 Å². The molecule has 0 aromatic heterocycles. The summed E-state index contributed by atoms with van der Waals surface area (Å²) in [7, 11) is 0. The van der Waals surface area contributed by atoms with Crippen LogP contribution in [0.4, 0.5) is 5.69 Å². The van der Waals surface area contributed by atoms with Crippen LogP contribution in [0.15, 0.2) is 29.4 Å². The predicted molar refractivity (Wildman–Crippen MR) is 62.0 cm³/mol. The minimum absolute atomic E-state index is 0.000870. The van der Waals surface area contributed by atoms with Gasteiger partial charge in [0.1, 0.15) is 4.81 Å². The highest BCUT2D eigenvalue weighted by molar-refractivity contribution is 5.94. The quantitative estimate of drug-likeness (QED) is 0.224. The van der Waals surface area contributed by atoms with Crippen molar-refractivity contribution in [2.75, 3.05) is 0 Å². The molecule has 0 unspecified atom stereocenters. The number of rotatable bonds is 3. The molecule has 0 aliphatic carbocycles. The molecule has 2 rings (SSSR count). The van der Waals surface area contributed by atoms with Crippen molar-refractivity contribution in [1.29, 1.82) is 0 Å². The molecule has 1 heterocycles. The van der Waals surface area contributed by atoms with E-state index < -0.39 is 22.6 Å². The van der Waals surface area contributed by atoms with Crippen LogP contribution in [0.5, 0.6) is 0 Å². The standard InChI is InChI=1S/C11H9N4O5/c12-14-13-8-3-1-7(2-4-8)11(18)20-15(19)9(16)5-6-10(15)17/h1-4,19H,5-6H2/q+1. The Balaban J connectivity index is 2.18. The molecule has 1 aromatic carbocycles. The largest absolute Gasteiger partial charge is 0.403 e. The lowest BCUT2D eigenvalue weighted by molar-refractivity contribution is -1.12. The summed E-state index contributed by atoms with van der Waals surface area (Å²) in [5.74, 6) is -2.83. The monoisotopic (exact) mass is 277 g/mol. The van der Waals surface area contributed by atoms with Gasteiger partial charge in [0, 0.05) is 10.6 Å². The Hall–Kier alpha value is -2.74. The molecule has 1 saturated heterocycles. The maximum atomic E-state index is 11.8. The summed E-state index contributed by atoms with van der Waals surface area (Å²) in [6.07, 6.45) is -0.364. The Kier molecular flexibility index (Phi) is 3.49. The van der Waals surface area contributed by atoms with E-state index in [1.165, 1.54) is 24.3 Å². The second kappa shape index (κ2) is 5.10. The molecule has 0 spiro atoms. The van der Waals surface area contributed by atoms with Gasteiger partial charge >= 0.3 is 17.8 Å². The normalized spacial score (nSPS) is 16.6. The zero-order valence-corrected chi connectivity index (χ0v) is 10.1. The number of benzene rings is 1. The summed E-state index contributed by atoms with van der Waals surface area (Å²) in [5.41, 5.74) is 8.52. The van der Waals surface area contributed by atoms with E-state index in [4.69, 9.17) is 5.53 Å². The zero-order chi connectivity index (χ0) is 14.8. The van der Waals surface area contributed by atoms with Crippen LogP contribution in [0.1, 0.15) is 23.2 Å². The van der Waals surface area contributed by atoms with Gasteiger partial charge in [-0.1, -0.05) is 17.2 Å². The fourth-order valence-corrected chi connectivity index (χ4v) is 1.65. The van der Waals surface area contributed by atoms with Gasteiger partial charge in [-0.2, -0.15) is 5.21 Å². The number of azide groups is 1. The van der Waals surface area contributed by atoms with Crippen molar-refractivity contribution >= 4 is 23.5 Å². The van der Waals surface area contributed by atoms with Gasteiger partial charge in [0.15, 0.2) is 0 Å². The molecular formula is C11H9N4O5+. The number of hydroxylamine groups is 4. The molecule has 0 bridgehead atoms. The van der Waals surface area contributed by atoms with Gasteiger partial charge in [0.25, 0.3) is 0 Å². The van der Waals surface area contributed by atoms with Crippen molar-refractivity contribution in [3.8, 4) is 0 Å². The first-order chi connectivity index (χ1) is 9.47. The number of nitrogens with zero attached hydrogens (tertiary/aromatic N) is 4. The highest BCUT2D eigenvalue weighted by Crippen LogP contribution is 2.22. The number of hydrogen-bond acceptors (Lipinski definition) is 6. The molecule has 1 aliphatic rings. The molecule has 2 amide bonds. The number of hydrogen-bond donors (Lipinski definition) is 1. The molecule has 1 fully saturated rings. The Morgan fingerprint density at radius 3 is 2.30 bits per heavy atom. The maximum Gasteiger partial charge on any atom is 0.403 e. The number of carbonyl (C=O) groups is 3. The third-order valence-electron chi connectivity index (χ3n) is 2.71. The minimum atomic E-state index is -1.96. The van der Waals surface area contributed by atoms with E-state index in [0.717, 1.165) is 0 Å². The van der Waals surface area contributed by atoms with Crippen LogP contribution in [-0.2, 0) is 14.4 Å². The molecule has 1 N–H and O–H groups in total. The van der Waals surface area contributed by atoms with Gasteiger partial charge in [-0.25, -0.2) is 19.2 Å². The topological polar surface area (TPSA) is 129 Å². The van der Waals surface area contributed by atoms with Gasteiger partial charge in [-0.15, -0.1) is 0 Å². The van der Waals surface area contributed by atoms with Gasteiger partial charge in [0.2, 0.25) is 0 Å². The molecule has 9 nitrogen and oxygen atoms in total. The highest BCUT2D eigenvalue weighted by atomic mass is 17.0. The lowest BCUT2D eigenvalue weighted by Crippen LogP contribution is -2.50. The Labute approximate surface area is 112 Å². The Morgan fingerprint density at radius 2 is 1.80 bits per heavy atom. The second-order valence-corrected chi connectivity index (χ2v) is 3.98. The summed E-state index contributed by atoms with van der Waals surface area (Å²) >= 11 is 0. The molecule has 0 radical (unpaired) electrons. The van der Waals surface area contributed by atoms with Crippen LogP contribution < -0.4 is 0 Å². The average molecular weight is 277 g/mol. The Morgan fingerprint density at radius 1 is 1.25 bits per heavy atom. The maximum absolute atomic E-state index is 11.8. The fourth-order valence-electron chi connectivity index (χ4n) is 1.65. The predicted octanol–water partition coefficient (Wildman–Crippen LogP) is 1.75. The second-order valence-electron chi connectivity index (χ2n) is 3.98. The number of amides is 2. The van der Waals surface area contributed by atoms with Crippen LogP contribution in [0.2, 0.25) is 0 Å². The zero-order valence-electron chi connectivity index (χ0n) is 10.1. The smallest absolute Gasteiger partial charge is 0.239 e. The third kappa shape index (κ3) is 2.36. The molecular weight excluding hydrogens is 268 g/mol. The van der Waals surface area contributed by atoms with E-state index in [2.05, 4.69) is 14.9 Å². The van der Waals surface area contributed by atoms with Crippen molar-refractivity contribution < 1.29 is 29.2 Å². The van der Waals surface area contributed by atoms with Crippen LogP contribution in [0.3, 0.4) is 0 Å². The van der Waals surface area contributed by atoms with E-state index in [1.54, 1.807) is 0 Å². The van der Waals surface area contributed by atoms with E-state index in [1.807, 2.05) is 0 Å². The molecule has 9 heteroatoms. The van der Waals surface area contributed by atoms with Crippen molar-refractivity contribution in [3.63, 3.8) is 0 Å². The molecule has 20 heavy (non-hydrogen) atoms. The average Bonchev–Trinajstić information content (AvgIpc) is 2.68. The van der Waals surface area contributed by atoms with E-state index in [-0.39, 0.29) is 24.1 Å². The summed E-state index contributed by atoms with van der Waals surface area (Å²) in [6, 6.07) is 5.27. The first kappa shape index (κ1) is 13.7. The first-order valence-corrected chi connectivity index (χ1v) is 5.55. The van der Waals surface area contributed by atoms with E-state index >= 15 is 0 Å². The third-order valence-corrected chi connectivity index (χ3v) is 2.71. The van der Waals surface area contributed by atoms with Crippen LogP contribution in [0.25, 0.3) is 10.4 Å². The fraction of sp³-hybridized carbons (Fsp3) is 0.182. The van der Waals surface area contributed by atoms with Gasteiger partial charge in [0.05, 0.1) is 18.4 Å². The summed E-state index contributed by atoms with van der Waals surface area (Å²) in [5, 5.41) is 13.0. The lowest BCUT2D eigenvalue weighted by Gasteiger charge is -2.15. The summed E-state index contributed by atoms with van der Waals surface area (Å²) < 4.78 is 0. The molecule has 0 saturated carbocycles. The molecule has 1 aliphatic heterocycles. The van der Waals surface area contributed by atoms with Crippen molar-refractivity contribution in [2.24, 2.45) is 5.11 Å². The van der Waals surface area contributed by atoms with Gasteiger partial charge in [-0.3, -0.25) is 0 Å². The van der Waals surface area contributed by atoms with Crippen LogP contribution >= 0.6 is 0 Å². The molecule has 0 atom stereocenters. The van der Waals surface area contributed by atoms with Gasteiger partial charge < -0.3 is 0 Å². The van der Waals surface area contributed by atoms with Crippen LogP contribution in [-0.4, -0.2) is 27.8 Å². The number of imide groups is 1. The van der Waals surface area contributed by atoms with Crippen LogP contribution in [0, 0.1) is 0 Å². The minimum Gasteiger partial charge on any atom is -0.239 e. The summed E-state index contributed by atoms with van der Waals surface area (Å²) in [6.45, 7) is 0. The highest BCUT2D eigenvalue weighted by Gasteiger charge is 2.55. The number of carbonyl (C=O) groups excluding carboxylic acids is 3.